The average molecular weight is 1120 g/mol. The van der Waals surface area contributed by atoms with Crippen molar-refractivity contribution in [2.24, 2.45) is 0 Å². The number of hydrogen-bond donors (Lipinski definition) is 0. The second kappa shape index (κ2) is 67.5. The highest BCUT2D eigenvalue weighted by molar-refractivity contribution is 5.71. The van der Waals surface area contributed by atoms with Crippen LogP contribution in [0.5, 0.6) is 0 Å². The number of esters is 3. The van der Waals surface area contributed by atoms with Gasteiger partial charge in [0.2, 0.25) is 0 Å². The largest absolute Gasteiger partial charge is 0.462 e. The van der Waals surface area contributed by atoms with Gasteiger partial charge in [0.1, 0.15) is 13.2 Å². The predicted octanol–water partition coefficient (Wildman–Crippen LogP) is 22.9. The van der Waals surface area contributed by atoms with Gasteiger partial charge in [0, 0.05) is 19.3 Å². The maximum atomic E-state index is 12.9. The topological polar surface area (TPSA) is 78.9 Å². The molecule has 0 heterocycles. The third-order valence-corrected chi connectivity index (χ3v) is 13.5. The number of carbonyl (C=O) groups is 3. The van der Waals surface area contributed by atoms with Crippen LogP contribution in [0, 0.1) is 0 Å². The molecule has 1 unspecified atom stereocenters. The number of allylic oxidation sites excluding steroid dienone is 26. The number of unbranched alkanes of at least 4 members (excludes halogenated alkanes) is 21. The zero-order chi connectivity index (χ0) is 58.5. The van der Waals surface area contributed by atoms with E-state index in [1.807, 2.05) is 0 Å². The van der Waals surface area contributed by atoms with Gasteiger partial charge in [-0.25, -0.2) is 0 Å². The highest BCUT2D eigenvalue weighted by atomic mass is 16.6. The summed E-state index contributed by atoms with van der Waals surface area (Å²) in [5.41, 5.74) is 0. The Hall–Kier alpha value is -4.97. The smallest absolute Gasteiger partial charge is 0.306 e. The molecule has 456 valence electrons. The van der Waals surface area contributed by atoms with E-state index < -0.39 is 6.10 Å². The molecule has 0 aromatic rings. The summed E-state index contributed by atoms with van der Waals surface area (Å²) in [6.07, 6.45) is 98.1. The summed E-state index contributed by atoms with van der Waals surface area (Å²) in [6.45, 7) is 6.36. The van der Waals surface area contributed by atoms with Crippen LogP contribution < -0.4 is 0 Å². The van der Waals surface area contributed by atoms with Crippen LogP contribution >= 0.6 is 0 Å². The maximum Gasteiger partial charge on any atom is 0.306 e. The van der Waals surface area contributed by atoms with Crippen molar-refractivity contribution < 1.29 is 28.6 Å². The monoisotopic (exact) mass is 1120 g/mol. The van der Waals surface area contributed by atoms with Gasteiger partial charge in [-0.3, -0.25) is 14.4 Å². The van der Waals surface area contributed by atoms with Crippen LogP contribution in [0.4, 0.5) is 0 Å². The molecule has 0 saturated heterocycles. The lowest BCUT2D eigenvalue weighted by Crippen LogP contribution is -2.30. The number of carbonyl (C=O) groups excluding carboxylic acids is 3. The van der Waals surface area contributed by atoms with Gasteiger partial charge in [-0.15, -0.1) is 0 Å². The van der Waals surface area contributed by atoms with E-state index in [1.54, 1.807) is 0 Å². The Balaban J connectivity index is 4.52. The van der Waals surface area contributed by atoms with Crippen molar-refractivity contribution in [3.8, 4) is 0 Å². The van der Waals surface area contributed by atoms with Crippen LogP contribution in [0.3, 0.4) is 0 Å². The van der Waals surface area contributed by atoms with Crippen LogP contribution in [0.1, 0.15) is 278 Å². The van der Waals surface area contributed by atoms with E-state index in [1.165, 1.54) is 89.9 Å². The highest BCUT2D eigenvalue weighted by Crippen LogP contribution is 2.14. The van der Waals surface area contributed by atoms with Crippen molar-refractivity contribution in [3.63, 3.8) is 0 Å². The lowest BCUT2D eigenvalue weighted by atomic mass is 10.1. The Bertz CT molecular complexity index is 1810. The number of rotatable bonds is 58. The summed E-state index contributed by atoms with van der Waals surface area (Å²) < 4.78 is 16.9. The van der Waals surface area contributed by atoms with Crippen molar-refractivity contribution in [3.05, 3.63) is 158 Å². The minimum absolute atomic E-state index is 0.109. The van der Waals surface area contributed by atoms with Crippen molar-refractivity contribution in [1.29, 1.82) is 0 Å². The molecule has 0 amide bonds. The molecule has 6 nitrogen and oxygen atoms in total. The Morgan fingerprint density at radius 3 is 0.790 bits per heavy atom. The lowest BCUT2D eigenvalue weighted by molar-refractivity contribution is -0.167. The van der Waals surface area contributed by atoms with Gasteiger partial charge in [-0.1, -0.05) is 269 Å². The maximum absolute atomic E-state index is 12.9. The molecule has 0 aromatic heterocycles. The second-order valence-electron chi connectivity index (χ2n) is 21.3. The number of ether oxygens (including phenoxy) is 3. The van der Waals surface area contributed by atoms with Gasteiger partial charge < -0.3 is 14.2 Å². The molecule has 0 aliphatic rings. The van der Waals surface area contributed by atoms with Crippen molar-refractivity contribution in [2.45, 2.75) is 284 Å². The minimum atomic E-state index is -0.819. The molecule has 81 heavy (non-hydrogen) atoms. The molecular weight excluding hydrogens is 997 g/mol. The molecule has 0 saturated carbocycles. The van der Waals surface area contributed by atoms with Gasteiger partial charge in [-0.2, -0.15) is 0 Å². The summed E-state index contributed by atoms with van der Waals surface area (Å²) in [5.74, 6) is -0.972. The Kier molecular flexibility index (Phi) is 63.4. The third-order valence-electron chi connectivity index (χ3n) is 13.5. The molecule has 0 rings (SSSR count). The van der Waals surface area contributed by atoms with Crippen LogP contribution in [-0.2, 0) is 28.6 Å². The van der Waals surface area contributed by atoms with E-state index in [4.69, 9.17) is 14.2 Å². The first-order valence-corrected chi connectivity index (χ1v) is 33.0. The molecular formula is C75H120O6. The first kappa shape index (κ1) is 76.0. The zero-order valence-corrected chi connectivity index (χ0v) is 52.2. The summed E-state index contributed by atoms with van der Waals surface area (Å²) in [6, 6.07) is 0. The van der Waals surface area contributed by atoms with Crippen LogP contribution in [0.2, 0.25) is 0 Å². The second-order valence-corrected chi connectivity index (χ2v) is 21.3. The number of hydrogen-bond acceptors (Lipinski definition) is 6. The van der Waals surface area contributed by atoms with Crippen LogP contribution in [-0.4, -0.2) is 37.2 Å². The zero-order valence-electron chi connectivity index (χ0n) is 52.2. The molecule has 0 aliphatic heterocycles. The van der Waals surface area contributed by atoms with Crippen molar-refractivity contribution in [2.75, 3.05) is 13.2 Å². The molecule has 0 aromatic carbocycles. The molecule has 0 N–H and O–H groups in total. The Morgan fingerprint density at radius 1 is 0.259 bits per heavy atom. The molecule has 0 aliphatic carbocycles. The SMILES string of the molecule is CC/C=C\C/C=C\C/C=C\C/C=C\C/C=C\C/C=C\CCCCCCCCC(=O)OCC(COC(=O)CCCCCCCCC/C=C\CCCCCCCC)OC(=O)CCCC/C=C\C/C=C\C/C=C\C/C=C\C/C=C\C/C=C\CC. The van der Waals surface area contributed by atoms with Crippen LogP contribution in [0.25, 0.3) is 0 Å². The lowest BCUT2D eigenvalue weighted by Gasteiger charge is -2.18. The van der Waals surface area contributed by atoms with Crippen molar-refractivity contribution >= 4 is 17.9 Å². The molecule has 0 radical (unpaired) electrons. The fourth-order valence-corrected chi connectivity index (χ4v) is 8.62. The molecule has 1 atom stereocenters. The van der Waals surface area contributed by atoms with Crippen molar-refractivity contribution in [1.82, 2.24) is 0 Å². The fraction of sp³-hybridized carbons (Fsp3) is 0.613. The summed E-state index contributed by atoms with van der Waals surface area (Å²) >= 11 is 0. The summed E-state index contributed by atoms with van der Waals surface area (Å²) in [5, 5.41) is 0. The van der Waals surface area contributed by atoms with Gasteiger partial charge in [0.25, 0.3) is 0 Å². The van der Waals surface area contributed by atoms with E-state index in [0.717, 1.165) is 141 Å². The highest BCUT2D eigenvalue weighted by Gasteiger charge is 2.19. The standard InChI is InChI=1S/C75H120O6/c1-4-7-10-13-16-19-22-25-28-31-33-35-36-37-38-40-41-44-47-50-53-56-59-62-65-68-74(77)80-71-72(70-79-73(76)67-64-61-58-55-52-49-46-43-30-27-24-21-18-15-12-9-6-3)81-75(78)69-66-63-60-57-54-51-48-45-42-39-34-32-29-26-23-20-17-14-11-8-5-2/h7-8,10-11,16-17,19-20,25-30,33-35,37-39,41,44-45,48,54,57,72H,4-6,9,12-15,18,21-24,31-32,36,40,42-43,46-47,49-53,55-56,58-71H2,1-3H3/b10-7-,11-8-,19-16-,20-17-,28-25-,29-26-,30-27-,35-33-,38-37-,39-34-,44-41-,48-45-,57-54-. The van der Waals surface area contributed by atoms with Gasteiger partial charge in [0.15, 0.2) is 6.10 Å². The Labute approximate surface area is 499 Å². The molecule has 6 heteroatoms. The summed E-state index contributed by atoms with van der Waals surface area (Å²) in [4.78, 5) is 38.4. The predicted molar refractivity (Wildman–Crippen MR) is 352 cm³/mol. The van der Waals surface area contributed by atoms with E-state index in [0.29, 0.717) is 19.3 Å². The first-order valence-electron chi connectivity index (χ1n) is 33.0. The molecule has 0 bridgehead atoms. The van der Waals surface area contributed by atoms with E-state index in [2.05, 4.69) is 179 Å². The molecule has 0 fully saturated rings. The van der Waals surface area contributed by atoms with Crippen LogP contribution in [0.15, 0.2) is 158 Å². The van der Waals surface area contributed by atoms with E-state index in [-0.39, 0.29) is 37.5 Å². The first-order chi connectivity index (χ1) is 40.0. The third kappa shape index (κ3) is 65.7. The quantitative estimate of drug-likeness (QED) is 0.0261. The van der Waals surface area contributed by atoms with Gasteiger partial charge >= 0.3 is 17.9 Å². The average Bonchev–Trinajstić information content (AvgIpc) is 3.47. The van der Waals surface area contributed by atoms with E-state index >= 15 is 0 Å². The Morgan fingerprint density at radius 2 is 0.481 bits per heavy atom. The molecule has 0 spiro atoms. The van der Waals surface area contributed by atoms with Gasteiger partial charge in [-0.05, 0) is 148 Å². The fourth-order valence-electron chi connectivity index (χ4n) is 8.62. The minimum Gasteiger partial charge on any atom is -0.462 e. The normalized spacial score (nSPS) is 13.2. The summed E-state index contributed by atoms with van der Waals surface area (Å²) in [7, 11) is 0. The van der Waals surface area contributed by atoms with Gasteiger partial charge in [0.05, 0.1) is 0 Å². The van der Waals surface area contributed by atoms with E-state index in [9.17, 15) is 14.4 Å².